The molecule has 0 aromatic heterocycles. The first-order valence-corrected chi connectivity index (χ1v) is 13.2. The second-order valence-electron chi connectivity index (χ2n) is 10.7. The van der Waals surface area contributed by atoms with Gasteiger partial charge in [0.25, 0.3) is 0 Å². The Kier molecular flexibility index (Phi) is 11.1. The van der Waals surface area contributed by atoms with Crippen LogP contribution in [-0.2, 0) is 28.6 Å². The highest BCUT2D eigenvalue weighted by atomic mass is 19.1. The van der Waals surface area contributed by atoms with Crippen LogP contribution in [0.5, 0.6) is 0 Å². The van der Waals surface area contributed by atoms with Gasteiger partial charge >= 0.3 is 17.9 Å². The number of rotatable bonds is 7. The number of hydrogen-bond donors (Lipinski definition) is 3. The van der Waals surface area contributed by atoms with Crippen LogP contribution in [0.3, 0.4) is 0 Å². The molecule has 2 aliphatic rings. The van der Waals surface area contributed by atoms with Crippen molar-refractivity contribution in [1.82, 2.24) is 0 Å². The molecule has 11 heteroatoms. The lowest BCUT2D eigenvalue weighted by molar-refractivity contribution is -0.180. The van der Waals surface area contributed by atoms with Gasteiger partial charge in [-0.25, -0.2) is 18.4 Å². The first-order chi connectivity index (χ1) is 19.8. The third kappa shape index (κ3) is 8.54. The maximum absolute atomic E-state index is 14.6. The average molecular weight is 589 g/mol. The van der Waals surface area contributed by atoms with E-state index in [2.05, 4.69) is 0 Å². The number of alkyl halides is 2. The normalized spacial score (nSPS) is 24.7. The molecule has 2 aliphatic heterocycles. The summed E-state index contributed by atoms with van der Waals surface area (Å²) in [5, 5.41) is 29.7. The zero-order valence-electron chi connectivity index (χ0n) is 23.2. The van der Waals surface area contributed by atoms with Crippen LogP contribution in [0, 0.1) is 5.41 Å². The number of carbonyl (C=O) groups is 3. The van der Waals surface area contributed by atoms with E-state index in [0.717, 1.165) is 12.2 Å². The van der Waals surface area contributed by atoms with Crippen molar-refractivity contribution in [3.05, 3.63) is 96.1 Å². The summed E-state index contributed by atoms with van der Waals surface area (Å²) in [4.78, 5) is 34.6. The Hall–Kier alpha value is -3.93. The molecule has 0 radical (unpaired) electrons. The third-order valence-corrected chi connectivity index (χ3v) is 6.38. The van der Waals surface area contributed by atoms with Crippen molar-refractivity contribution in [1.29, 1.82) is 0 Å². The second-order valence-corrected chi connectivity index (χ2v) is 10.7. The molecule has 0 saturated carbocycles. The van der Waals surface area contributed by atoms with Crippen LogP contribution < -0.4 is 0 Å². The molecule has 0 saturated heterocycles. The van der Waals surface area contributed by atoms with E-state index in [4.69, 9.17) is 14.2 Å². The fourth-order valence-electron chi connectivity index (χ4n) is 4.00. The quantitative estimate of drug-likeness (QED) is 0.328. The standard InChI is InChI=1S/C18H21FO5.C13H13FO4/c1-18(2,3)17(22)23-12-9-10-13(20)24-16(12)15(21)14(19)11-7-5-4-6-8-11;14-11(8-4-2-1-3-5-8)12(17)13-9(15)6-7-10(16)18-13/h4-10,12,14-16,21H,1-3H3;1-7,9,11-13,15,17H/t12-,14+,15-,16+;9-,11+,12-,13+/m00/s1. The van der Waals surface area contributed by atoms with E-state index in [-0.39, 0.29) is 11.1 Å². The van der Waals surface area contributed by atoms with E-state index in [9.17, 15) is 38.5 Å². The average Bonchev–Trinajstić information content (AvgIpc) is 2.98. The number of esters is 3. The number of carbonyl (C=O) groups excluding carboxylic acids is 3. The predicted molar refractivity (Wildman–Crippen MR) is 146 cm³/mol. The first kappa shape index (κ1) is 32.6. The summed E-state index contributed by atoms with van der Waals surface area (Å²) in [7, 11) is 0. The highest BCUT2D eigenvalue weighted by Crippen LogP contribution is 2.30. The van der Waals surface area contributed by atoms with E-state index in [0.29, 0.717) is 0 Å². The number of aliphatic hydroxyl groups excluding tert-OH is 3. The predicted octanol–water partition coefficient (Wildman–Crippen LogP) is 3.40. The molecule has 2 aromatic rings. The van der Waals surface area contributed by atoms with Gasteiger partial charge in [0.05, 0.1) is 5.41 Å². The lowest BCUT2D eigenvalue weighted by Gasteiger charge is -2.33. The molecule has 0 amide bonds. The second kappa shape index (κ2) is 14.3. The SMILES string of the molecule is CC(C)(C)C(=O)O[C@H]1C=CC(=O)O[C@H]1[C@@H](O)[C@H](F)c1ccccc1.O=C1C=C[C@H](O)[C@H]([C@@H](O)[C@H](F)c2ccccc2)O1. The van der Waals surface area contributed by atoms with Crippen molar-refractivity contribution in [2.24, 2.45) is 5.41 Å². The summed E-state index contributed by atoms with van der Waals surface area (Å²) in [6.45, 7) is 5.00. The van der Waals surface area contributed by atoms with Gasteiger partial charge in [-0.3, -0.25) is 4.79 Å². The van der Waals surface area contributed by atoms with Crippen molar-refractivity contribution < 1.29 is 52.7 Å². The zero-order chi connectivity index (χ0) is 31.0. The maximum Gasteiger partial charge on any atom is 0.331 e. The number of halogens is 2. The van der Waals surface area contributed by atoms with Crippen molar-refractivity contribution in [2.75, 3.05) is 0 Å². The maximum atomic E-state index is 14.6. The van der Waals surface area contributed by atoms with Crippen molar-refractivity contribution in [3.63, 3.8) is 0 Å². The Morgan fingerprint density at radius 1 is 0.786 bits per heavy atom. The molecule has 3 N–H and O–H groups in total. The summed E-state index contributed by atoms with van der Waals surface area (Å²) >= 11 is 0. The molecule has 226 valence electrons. The minimum Gasteiger partial charge on any atom is -0.454 e. The van der Waals surface area contributed by atoms with E-state index >= 15 is 0 Å². The van der Waals surface area contributed by atoms with Gasteiger partial charge in [-0.05, 0) is 44.1 Å². The van der Waals surface area contributed by atoms with Crippen LogP contribution in [-0.4, -0.2) is 69.9 Å². The minimum absolute atomic E-state index is 0.247. The van der Waals surface area contributed by atoms with Crippen LogP contribution in [0.15, 0.2) is 85.0 Å². The highest BCUT2D eigenvalue weighted by molar-refractivity contribution is 5.84. The van der Waals surface area contributed by atoms with Crippen LogP contribution in [0.4, 0.5) is 8.78 Å². The molecule has 0 aliphatic carbocycles. The van der Waals surface area contributed by atoms with Crippen LogP contribution in [0.2, 0.25) is 0 Å². The van der Waals surface area contributed by atoms with E-state index < -0.39 is 72.3 Å². The lowest BCUT2D eigenvalue weighted by atomic mass is 9.95. The topological polar surface area (TPSA) is 140 Å². The number of hydrogen-bond acceptors (Lipinski definition) is 9. The number of benzene rings is 2. The Bertz CT molecular complexity index is 1260. The van der Waals surface area contributed by atoms with Gasteiger partial charge in [0.2, 0.25) is 0 Å². The first-order valence-electron chi connectivity index (χ1n) is 13.2. The summed E-state index contributed by atoms with van der Waals surface area (Å²) < 4.78 is 43.7. The Morgan fingerprint density at radius 2 is 1.21 bits per heavy atom. The minimum atomic E-state index is -1.79. The molecule has 4 rings (SSSR count). The molecular formula is C31H34F2O9. The molecule has 2 heterocycles. The third-order valence-electron chi connectivity index (χ3n) is 6.38. The molecule has 8 atom stereocenters. The van der Waals surface area contributed by atoms with Crippen LogP contribution in [0.1, 0.15) is 44.2 Å². The van der Waals surface area contributed by atoms with Crippen molar-refractivity contribution in [2.45, 2.75) is 69.7 Å². The number of ether oxygens (including phenoxy) is 3. The molecule has 2 aromatic carbocycles. The molecule has 9 nitrogen and oxygen atoms in total. The molecule has 0 fully saturated rings. The number of cyclic esters (lactones) is 2. The van der Waals surface area contributed by atoms with E-state index in [1.807, 2.05) is 0 Å². The van der Waals surface area contributed by atoms with Crippen molar-refractivity contribution >= 4 is 17.9 Å². The molecule has 42 heavy (non-hydrogen) atoms. The van der Waals surface area contributed by atoms with Gasteiger partial charge < -0.3 is 29.5 Å². The van der Waals surface area contributed by atoms with Crippen LogP contribution >= 0.6 is 0 Å². The Balaban J connectivity index is 0.000000240. The Labute approximate surface area is 242 Å². The smallest absolute Gasteiger partial charge is 0.331 e. The summed E-state index contributed by atoms with van der Waals surface area (Å²) in [5.74, 6) is -1.96. The monoisotopic (exact) mass is 588 g/mol. The van der Waals surface area contributed by atoms with Gasteiger partial charge in [0.1, 0.15) is 18.3 Å². The summed E-state index contributed by atoms with van der Waals surface area (Å²) in [6, 6.07) is 16.1. The van der Waals surface area contributed by atoms with Crippen molar-refractivity contribution in [3.8, 4) is 0 Å². The fourth-order valence-corrected chi connectivity index (χ4v) is 4.00. The lowest BCUT2D eigenvalue weighted by Crippen LogP contribution is -2.47. The van der Waals surface area contributed by atoms with E-state index in [1.54, 1.807) is 57.2 Å². The largest absolute Gasteiger partial charge is 0.454 e. The summed E-state index contributed by atoms with van der Waals surface area (Å²) in [5.41, 5.74) is -0.265. The molecule has 0 unspecified atom stereocenters. The number of aliphatic hydroxyl groups is 3. The molecule has 0 spiro atoms. The van der Waals surface area contributed by atoms with Gasteiger partial charge in [-0.15, -0.1) is 0 Å². The van der Waals surface area contributed by atoms with Gasteiger partial charge in [-0.1, -0.05) is 60.7 Å². The Morgan fingerprint density at radius 3 is 1.69 bits per heavy atom. The zero-order valence-corrected chi connectivity index (χ0v) is 23.2. The van der Waals surface area contributed by atoms with E-state index in [1.165, 1.54) is 36.4 Å². The fraction of sp³-hybridized carbons (Fsp3) is 0.387. The molecular weight excluding hydrogens is 554 g/mol. The molecule has 0 bridgehead atoms. The van der Waals surface area contributed by atoms with Gasteiger partial charge in [-0.2, -0.15) is 0 Å². The van der Waals surface area contributed by atoms with Gasteiger partial charge in [0, 0.05) is 12.2 Å². The highest BCUT2D eigenvalue weighted by Gasteiger charge is 2.42. The van der Waals surface area contributed by atoms with Gasteiger partial charge in [0.15, 0.2) is 30.7 Å². The van der Waals surface area contributed by atoms with Crippen LogP contribution in [0.25, 0.3) is 0 Å². The summed E-state index contributed by atoms with van der Waals surface area (Å²) in [6.07, 6.45) is -7.04.